The second kappa shape index (κ2) is 9.10. The molecule has 1 saturated heterocycles. The summed E-state index contributed by atoms with van der Waals surface area (Å²) in [6, 6.07) is 0. The molecular formula is C33H57NO4. The van der Waals surface area contributed by atoms with Crippen LogP contribution in [0.5, 0.6) is 0 Å². The smallest absolute Gasteiger partial charge is 0.407 e. The molecule has 0 bridgehead atoms. The van der Waals surface area contributed by atoms with Gasteiger partial charge in [0.25, 0.3) is 0 Å². The molecule has 1 amide bonds. The molecule has 4 saturated carbocycles. The molecule has 218 valence electrons. The first-order chi connectivity index (χ1) is 17.5. The summed E-state index contributed by atoms with van der Waals surface area (Å²) in [5.41, 5.74) is 0.129. The number of hydrogen-bond donors (Lipinski definition) is 2. The van der Waals surface area contributed by atoms with E-state index < -0.39 is 0 Å². The highest BCUT2D eigenvalue weighted by Crippen LogP contribution is 2.76. The van der Waals surface area contributed by atoms with Gasteiger partial charge in [0.1, 0.15) is 6.10 Å². The van der Waals surface area contributed by atoms with Crippen LogP contribution < -0.4 is 5.32 Å². The van der Waals surface area contributed by atoms with Crippen LogP contribution in [-0.2, 0) is 9.47 Å². The van der Waals surface area contributed by atoms with E-state index in [9.17, 15) is 9.90 Å². The van der Waals surface area contributed by atoms with E-state index in [4.69, 9.17) is 9.47 Å². The maximum absolute atomic E-state index is 12.4. The summed E-state index contributed by atoms with van der Waals surface area (Å²) in [6.07, 6.45) is 10.4. The zero-order valence-corrected chi connectivity index (χ0v) is 25.9. The zero-order valence-electron chi connectivity index (χ0n) is 25.9. The van der Waals surface area contributed by atoms with E-state index in [-0.39, 0.29) is 51.2 Å². The molecule has 0 unspecified atom stereocenters. The Bertz CT molecular complexity index is 932. The average molecular weight is 532 g/mol. The van der Waals surface area contributed by atoms with Gasteiger partial charge in [0.15, 0.2) is 0 Å². The standard InChI is InChI=1S/C33H57NO4/c1-10-34-27(36)37-25-14-17-30(6)23(29(25,4)5)13-19-31(7)24(30)20-22(35)26-21(12-18-32(26,31)8)33(9)16-11-15-28(2,3)38-33/h21-26,35H,10-20H2,1-9H3,(H,34,36)/t21-,22+,23-,24+,25-,26-,30-,31+,32+,33+/m0/s1. The quantitative estimate of drug-likeness (QED) is 0.396. The van der Waals surface area contributed by atoms with Gasteiger partial charge in [-0.3, -0.25) is 0 Å². The number of rotatable bonds is 3. The highest BCUT2D eigenvalue weighted by molar-refractivity contribution is 5.67. The van der Waals surface area contributed by atoms with Crippen LogP contribution in [0, 0.1) is 45.3 Å². The summed E-state index contributed by atoms with van der Waals surface area (Å²) in [4.78, 5) is 12.4. The Morgan fingerprint density at radius 3 is 2.24 bits per heavy atom. The Kier molecular flexibility index (Phi) is 6.87. The predicted octanol–water partition coefficient (Wildman–Crippen LogP) is 7.49. The predicted molar refractivity (Wildman–Crippen MR) is 152 cm³/mol. The van der Waals surface area contributed by atoms with Gasteiger partial charge in [-0.15, -0.1) is 0 Å². The lowest BCUT2D eigenvalue weighted by atomic mass is 9.35. The molecule has 1 heterocycles. The molecule has 2 N–H and O–H groups in total. The van der Waals surface area contributed by atoms with E-state index >= 15 is 0 Å². The van der Waals surface area contributed by atoms with Crippen molar-refractivity contribution in [1.82, 2.24) is 5.32 Å². The number of carbonyl (C=O) groups is 1. The maximum Gasteiger partial charge on any atom is 0.407 e. The van der Waals surface area contributed by atoms with Crippen molar-refractivity contribution in [3.8, 4) is 0 Å². The number of alkyl carbamates (subject to hydrolysis) is 1. The van der Waals surface area contributed by atoms with Crippen molar-refractivity contribution in [2.24, 2.45) is 45.3 Å². The molecule has 10 atom stereocenters. The number of carbonyl (C=O) groups excluding carboxylic acids is 1. The Hall–Kier alpha value is -0.810. The van der Waals surface area contributed by atoms with Gasteiger partial charge < -0.3 is 19.9 Å². The molecule has 5 rings (SSSR count). The maximum atomic E-state index is 12.4. The van der Waals surface area contributed by atoms with E-state index in [1.807, 2.05) is 6.92 Å². The van der Waals surface area contributed by atoms with Gasteiger partial charge in [-0.1, -0.05) is 34.6 Å². The Morgan fingerprint density at radius 1 is 0.895 bits per heavy atom. The van der Waals surface area contributed by atoms with Gasteiger partial charge in [0, 0.05) is 12.0 Å². The van der Waals surface area contributed by atoms with Crippen LogP contribution in [0.1, 0.15) is 127 Å². The lowest BCUT2D eigenvalue weighted by Crippen LogP contribution is -2.67. The number of fused-ring (bicyclic) bond motifs is 5. The summed E-state index contributed by atoms with van der Waals surface area (Å²) in [6.45, 7) is 21.7. The van der Waals surface area contributed by atoms with E-state index in [0.717, 1.165) is 32.1 Å². The van der Waals surface area contributed by atoms with E-state index in [1.54, 1.807) is 0 Å². The number of aliphatic hydroxyl groups is 1. The molecule has 5 heteroatoms. The van der Waals surface area contributed by atoms with Crippen LogP contribution in [0.25, 0.3) is 0 Å². The monoisotopic (exact) mass is 531 g/mol. The fraction of sp³-hybridized carbons (Fsp3) is 0.970. The molecule has 0 radical (unpaired) electrons. The highest BCUT2D eigenvalue weighted by Gasteiger charge is 2.72. The molecule has 0 aromatic rings. The zero-order chi connectivity index (χ0) is 27.9. The van der Waals surface area contributed by atoms with Gasteiger partial charge in [0.05, 0.1) is 17.3 Å². The number of nitrogens with one attached hydrogen (secondary N) is 1. The highest BCUT2D eigenvalue weighted by atomic mass is 16.6. The fourth-order valence-corrected chi connectivity index (χ4v) is 11.8. The Balaban J connectivity index is 1.44. The largest absolute Gasteiger partial charge is 0.446 e. The minimum Gasteiger partial charge on any atom is -0.446 e. The third kappa shape index (κ3) is 4.02. The normalized spacial score (nSPS) is 51.3. The molecule has 0 aromatic heterocycles. The van der Waals surface area contributed by atoms with Gasteiger partial charge in [0.2, 0.25) is 0 Å². The third-order valence-electron chi connectivity index (χ3n) is 13.6. The first-order valence-electron chi connectivity index (χ1n) is 15.9. The lowest BCUT2D eigenvalue weighted by Gasteiger charge is -2.70. The van der Waals surface area contributed by atoms with Crippen molar-refractivity contribution in [3.63, 3.8) is 0 Å². The number of aliphatic hydroxyl groups excluding tert-OH is 1. The molecule has 38 heavy (non-hydrogen) atoms. The number of ether oxygens (including phenoxy) is 2. The summed E-state index contributed by atoms with van der Waals surface area (Å²) in [7, 11) is 0. The van der Waals surface area contributed by atoms with Crippen LogP contribution in [-0.4, -0.2) is 41.2 Å². The third-order valence-corrected chi connectivity index (χ3v) is 13.6. The van der Waals surface area contributed by atoms with Gasteiger partial charge in [-0.05, 0) is 132 Å². The molecule has 0 spiro atoms. The Morgan fingerprint density at radius 2 is 1.58 bits per heavy atom. The van der Waals surface area contributed by atoms with Crippen molar-refractivity contribution in [2.45, 2.75) is 150 Å². The van der Waals surface area contributed by atoms with Crippen LogP contribution in [0.15, 0.2) is 0 Å². The molecule has 5 aliphatic rings. The SMILES string of the molecule is CCNC(=O)O[C@H]1CC[C@]2(C)[C@H]3C[C@@H](O)[C@@H]4[C@@H]([C@@]5(C)CCCC(C)(C)O5)CC[C@@]4(C)[C@]3(C)CC[C@H]2C1(C)C. The van der Waals surface area contributed by atoms with Crippen molar-refractivity contribution in [1.29, 1.82) is 0 Å². The van der Waals surface area contributed by atoms with E-state index in [1.165, 1.54) is 32.1 Å². The van der Waals surface area contributed by atoms with Crippen molar-refractivity contribution in [3.05, 3.63) is 0 Å². The first-order valence-corrected chi connectivity index (χ1v) is 15.9. The summed E-state index contributed by atoms with van der Waals surface area (Å²) < 4.78 is 12.9. The van der Waals surface area contributed by atoms with Gasteiger partial charge in [-0.2, -0.15) is 0 Å². The van der Waals surface area contributed by atoms with Crippen LogP contribution in [0.4, 0.5) is 4.79 Å². The van der Waals surface area contributed by atoms with Gasteiger partial charge in [-0.25, -0.2) is 4.79 Å². The molecule has 4 aliphatic carbocycles. The molecule has 5 nitrogen and oxygen atoms in total. The number of amides is 1. The molecular weight excluding hydrogens is 474 g/mol. The molecule has 0 aromatic carbocycles. The molecule has 5 fully saturated rings. The van der Waals surface area contributed by atoms with Crippen LogP contribution >= 0.6 is 0 Å². The topological polar surface area (TPSA) is 67.8 Å². The lowest BCUT2D eigenvalue weighted by molar-refractivity contribution is -0.257. The summed E-state index contributed by atoms with van der Waals surface area (Å²) in [5, 5.41) is 14.9. The molecule has 1 aliphatic heterocycles. The average Bonchev–Trinajstić information content (AvgIpc) is 3.18. The van der Waals surface area contributed by atoms with Crippen LogP contribution in [0.2, 0.25) is 0 Å². The second-order valence-electron chi connectivity index (χ2n) is 16.3. The van der Waals surface area contributed by atoms with Crippen LogP contribution in [0.3, 0.4) is 0 Å². The van der Waals surface area contributed by atoms with Crippen molar-refractivity contribution < 1.29 is 19.4 Å². The van der Waals surface area contributed by atoms with Crippen molar-refractivity contribution in [2.75, 3.05) is 6.54 Å². The van der Waals surface area contributed by atoms with Crippen molar-refractivity contribution >= 4 is 6.09 Å². The van der Waals surface area contributed by atoms with E-state index in [0.29, 0.717) is 30.2 Å². The number of hydrogen-bond acceptors (Lipinski definition) is 4. The van der Waals surface area contributed by atoms with Gasteiger partial charge >= 0.3 is 6.09 Å². The summed E-state index contributed by atoms with van der Waals surface area (Å²) >= 11 is 0. The first kappa shape index (κ1) is 28.7. The summed E-state index contributed by atoms with van der Waals surface area (Å²) in [5.74, 6) is 1.67. The minimum atomic E-state index is -0.281. The fourth-order valence-electron chi connectivity index (χ4n) is 11.8. The minimum absolute atomic E-state index is 0.0593. The second-order valence-corrected chi connectivity index (χ2v) is 16.3. The van der Waals surface area contributed by atoms with E-state index in [2.05, 4.69) is 60.7 Å². The Labute approximate surface area is 232 Å².